The Bertz CT molecular complexity index is 932. The highest BCUT2D eigenvalue weighted by Crippen LogP contribution is 2.36. The van der Waals surface area contributed by atoms with Gasteiger partial charge in [-0.1, -0.05) is 23.8 Å². The molecule has 2 amide bonds. The number of aromatic nitrogens is 2. The number of piperidine rings is 1. The number of carbonyl (C=O) groups excluding carboxylic acids is 1. The van der Waals surface area contributed by atoms with Gasteiger partial charge in [0.05, 0.1) is 6.61 Å². The Morgan fingerprint density at radius 2 is 1.97 bits per heavy atom. The molecular formula is C24H28F2N4O2. The van der Waals surface area contributed by atoms with Gasteiger partial charge in [0, 0.05) is 32.1 Å². The lowest BCUT2D eigenvalue weighted by atomic mass is 9.87. The molecule has 1 aliphatic heterocycles. The van der Waals surface area contributed by atoms with E-state index in [0.717, 1.165) is 24.2 Å². The van der Waals surface area contributed by atoms with Gasteiger partial charge in [-0.15, -0.1) is 5.10 Å². The predicted octanol–water partition coefficient (Wildman–Crippen LogP) is 5.39. The maximum absolute atomic E-state index is 13.3. The number of anilines is 1. The molecule has 2 fully saturated rings. The van der Waals surface area contributed by atoms with Crippen molar-refractivity contribution in [2.24, 2.45) is 5.92 Å². The van der Waals surface area contributed by atoms with Gasteiger partial charge in [0.2, 0.25) is 5.92 Å². The molecule has 8 heteroatoms. The number of ether oxygens (including phenoxy) is 1. The fourth-order valence-corrected chi connectivity index (χ4v) is 4.11. The van der Waals surface area contributed by atoms with Crippen molar-refractivity contribution in [2.75, 3.05) is 25.0 Å². The summed E-state index contributed by atoms with van der Waals surface area (Å²) in [5.74, 6) is -1.11. The molecule has 2 aromatic rings. The first-order valence-electron chi connectivity index (χ1n) is 11.1. The lowest BCUT2D eigenvalue weighted by Gasteiger charge is -2.28. The molecule has 170 valence electrons. The van der Waals surface area contributed by atoms with Crippen molar-refractivity contribution in [3.63, 3.8) is 0 Å². The molecule has 2 heterocycles. The van der Waals surface area contributed by atoms with Crippen LogP contribution in [0.1, 0.15) is 44.1 Å². The van der Waals surface area contributed by atoms with Crippen LogP contribution in [0, 0.1) is 5.92 Å². The number of alkyl halides is 2. The zero-order valence-electron chi connectivity index (χ0n) is 18.0. The summed E-state index contributed by atoms with van der Waals surface area (Å²) in [6, 6.07) is 11.1. The minimum absolute atomic E-state index is 0.0407. The van der Waals surface area contributed by atoms with Gasteiger partial charge in [-0.25, -0.2) is 13.6 Å². The third kappa shape index (κ3) is 6.24. The van der Waals surface area contributed by atoms with Gasteiger partial charge in [-0.2, -0.15) is 5.10 Å². The summed E-state index contributed by atoms with van der Waals surface area (Å²) in [5, 5.41) is 10.4. The van der Waals surface area contributed by atoms with E-state index >= 15 is 0 Å². The van der Waals surface area contributed by atoms with Crippen LogP contribution in [-0.4, -0.2) is 46.7 Å². The number of carbonyl (C=O) groups is 1. The highest BCUT2D eigenvalue weighted by atomic mass is 19.3. The number of halogens is 2. The minimum atomic E-state index is -2.51. The molecule has 32 heavy (non-hydrogen) atoms. The summed E-state index contributed by atoms with van der Waals surface area (Å²) in [4.78, 5) is 14.2. The average Bonchev–Trinajstić information content (AvgIpc) is 2.80. The van der Waals surface area contributed by atoms with Crippen LogP contribution in [0.5, 0.6) is 5.75 Å². The molecule has 0 bridgehead atoms. The number of urea groups is 1. The van der Waals surface area contributed by atoms with E-state index in [1.165, 1.54) is 5.57 Å². The third-order valence-electron chi connectivity index (χ3n) is 6.05. The van der Waals surface area contributed by atoms with Gasteiger partial charge >= 0.3 is 6.03 Å². The Morgan fingerprint density at radius 3 is 2.69 bits per heavy atom. The summed E-state index contributed by atoms with van der Waals surface area (Å²) in [6.07, 6.45) is 6.25. The van der Waals surface area contributed by atoms with E-state index in [9.17, 15) is 13.6 Å². The first kappa shape index (κ1) is 22.2. The number of nitrogens with one attached hydrogen (secondary N) is 1. The second-order valence-corrected chi connectivity index (χ2v) is 8.51. The van der Waals surface area contributed by atoms with Crippen LogP contribution in [-0.2, 0) is 0 Å². The fourth-order valence-electron chi connectivity index (χ4n) is 4.11. The number of amides is 2. The van der Waals surface area contributed by atoms with Gasteiger partial charge in [0.1, 0.15) is 5.75 Å². The Hall–Kier alpha value is -3.03. The van der Waals surface area contributed by atoms with Gasteiger partial charge in [0.15, 0.2) is 5.82 Å². The molecular weight excluding hydrogens is 414 g/mol. The summed E-state index contributed by atoms with van der Waals surface area (Å²) in [6.45, 7) is 1.76. The quantitative estimate of drug-likeness (QED) is 0.674. The lowest BCUT2D eigenvalue weighted by molar-refractivity contribution is -0.0498. The molecule has 4 rings (SSSR count). The standard InChI is InChI=1S/C24H28F2N4O2/c25-24(26)10-6-19(7-11-24)17-32-21-4-1-3-20(16-21)15-18-8-13-30(14-9-18)23(31)28-22-5-2-12-27-29-22/h1-5,12,15-16,19H,6-11,13-14,17H2,(H,28,29,31). The fraction of sp³-hybridized carbons (Fsp3) is 0.458. The number of likely N-dealkylation sites (tertiary alicyclic amines) is 1. The SMILES string of the molecule is O=C(Nc1cccnn1)N1CCC(=Cc2cccc(OCC3CCC(F)(F)CC3)c2)CC1. The first-order chi connectivity index (χ1) is 15.5. The van der Waals surface area contributed by atoms with Crippen LogP contribution in [0.4, 0.5) is 19.4 Å². The molecule has 1 aromatic carbocycles. The summed E-state index contributed by atoms with van der Waals surface area (Å²) >= 11 is 0. The molecule has 1 aromatic heterocycles. The van der Waals surface area contributed by atoms with Crippen molar-refractivity contribution in [2.45, 2.75) is 44.4 Å². The molecule has 1 N–H and O–H groups in total. The van der Waals surface area contributed by atoms with E-state index in [4.69, 9.17) is 4.74 Å². The number of nitrogens with zero attached hydrogens (tertiary/aromatic N) is 3. The van der Waals surface area contributed by atoms with Crippen LogP contribution < -0.4 is 10.1 Å². The Balaban J connectivity index is 1.26. The molecule has 2 aliphatic rings. The minimum Gasteiger partial charge on any atom is -0.493 e. The van der Waals surface area contributed by atoms with Gasteiger partial charge in [0.25, 0.3) is 0 Å². The van der Waals surface area contributed by atoms with Crippen molar-refractivity contribution in [1.29, 1.82) is 0 Å². The first-order valence-corrected chi connectivity index (χ1v) is 11.1. The number of benzene rings is 1. The maximum Gasteiger partial charge on any atom is 0.323 e. The number of hydrogen-bond acceptors (Lipinski definition) is 4. The predicted molar refractivity (Wildman–Crippen MR) is 119 cm³/mol. The van der Waals surface area contributed by atoms with Crippen LogP contribution in [0.3, 0.4) is 0 Å². The van der Waals surface area contributed by atoms with E-state index in [1.807, 2.05) is 24.3 Å². The maximum atomic E-state index is 13.3. The molecule has 0 spiro atoms. The molecule has 1 aliphatic carbocycles. The highest BCUT2D eigenvalue weighted by molar-refractivity contribution is 5.88. The normalized spacial score (nSPS) is 18.8. The Kier molecular flexibility index (Phi) is 6.97. The van der Waals surface area contributed by atoms with Crippen molar-refractivity contribution in [1.82, 2.24) is 15.1 Å². The zero-order chi connectivity index (χ0) is 22.4. The van der Waals surface area contributed by atoms with E-state index in [2.05, 4.69) is 21.6 Å². The summed E-state index contributed by atoms with van der Waals surface area (Å²) in [5.41, 5.74) is 2.32. The van der Waals surface area contributed by atoms with Crippen LogP contribution >= 0.6 is 0 Å². The molecule has 0 radical (unpaired) electrons. The number of hydrogen-bond donors (Lipinski definition) is 1. The molecule has 1 saturated carbocycles. The molecule has 0 unspecified atom stereocenters. The van der Waals surface area contributed by atoms with Crippen molar-refractivity contribution in [3.05, 3.63) is 53.7 Å². The summed E-state index contributed by atoms with van der Waals surface area (Å²) in [7, 11) is 0. The van der Waals surface area contributed by atoms with Crippen molar-refractivity contribution >= 4 is 17.9 Å². The molecule has 0 atom stereocenters. The van der Waals surface area contributed by atoms with Gasteiger partial charge in [-0.05, 0) is 61.4 Å². The average molecular weight is 443 g/mol. The Morgan fingerprint density at radius 1 is 1.19 bits per heavy atom. The second kappa shape index (κ2) is 10.1. The number of rotatable bonds is 5. The largest absolute Gasteiger partial charge is 0.493 e. The highest BCUT2D eigenvalue weighted by Gasteiger charge is 2.35. The van der Waals surface area contributed by atoms with Crippen LogP contribution in [0.25, 0.3) is 6.08 Å². The third-order valence-corrected chi connectivity index (χ3v) is 6.05. The van der Waals surface area contributed by atoms with E-state index < -0.39 is 5.92 Å². The summed E-state index contributed by atoms with van der Waals surface area (Å²) < 4.78 is 32.5. The van der Waals surface area contributed by atoms with E-state index in [-0.39, 0.29) is 24.8 Å². The van der Waals surface area contributed by atoms with E-state index in [1.54, 1.807) is 23.2 Å². The van der Waals surface area contributed by atoms with Crippen molar-refractivity contribution in [3.8, 4) is 5.75 Å². The smallest absolute Gasteiger partial charge is 0.323 e. The second-order valence-electron chi connectivity index (χ2n) is 8.51. The van der Waals surface area contributed by atoms with E-state index in [0.29, 0.717) is 38.4 Å². The van der Waals surface area contributed by atoms with Crippen molar-refractivity contribution < 1.29 is 18.3 Å². The molecule has 6 nitrogen and oxygen atoms in total. The molecule has 1 saturated heterocycles. The van der Waals surface area contributed by atoms with Crippen LogP contribution in [0.15, 0.2) is 48.2 Å². The monoisotopic (exact) mass is 442 g/mol. The lowest BCUT2D eigenvalue weighted by Crippen LogP contribution is -2.39. The van der Waals surface area contributed by atoms with Gasteiger partial charge in [-0.3, -0.25) is 5.32 Å². The van der Waals surface area contributed by atoms with Gasteiger partial charge < -0.3 is 9.64 Å². The zero-order valence-corrected chi connectivity index (χ0v) is 18.0. The Labute approximate surface area is 186 Å². The van der Waals surface area contributed by atoms with Crippen LogP contribution in [0.2, 0.25) is 0 Å². The topological polar surface area (TPSA) is 67.4 Å².